The van der Waals surface area contributed by atoms with Gasteiger partial charge in [0.15, 0.2) is 0 Å². The lowest BCUT2D eigenvalue weighted by molar-refractivity contribution is -0.160. The number of nitrogens with zero attached hydrogens (tertiary/aromatic N) is 2. The van der Waals surface area contributed by atoms with Crippen molar-refractivity contribution in [3.05, 3.63) is 64.8 Å². The van der Waals surface area contributed by atoms with Crippen LogP contribution < -0.4 is 16.0 Å². The number of hydrogen-bond donors (Lipinski definition) is 5. The summed E-state index contributed by atoms with van der Waals surface area (Å²) < 4.78 is 11.7. The third-order valence-corrected chi connectivity index (χ3v) is 15.2. The summed E-state index contributed by atoms with van der Waals surface area (Å²) >= 11 is 1.58. The summed E-state index contributed by atoms with van der Waals surface area (Å²) in [6.07, 6.45) is 15.1. The third-order valence-electron chi connectivity index (χ3n) is 14.2. The van der Waals surface area contributed by atoms with Crippen LogP contribution in [0, 0.1) is 36.0 Å². The number of nitrogens with one attached hydrogen (secondary N) is 3. The van der Waals surface area contributed by atoms with Crippen LogP contribution in [0.4, 0.5) is 4.79 Å². The van der Waals surface area contributed by atoms with Crippen molar-refractivity contribution in [2.24, 2.45) is 29.1 Å². The van der Waals surface area contributed by atoms with E-state index in [1.807, 2.05) is 57.5 Å². The lowest BCUT2D eigenvalue weighted by Gasteiger charge is -2.43. The maximum absolute atomic E-state index is 14.0. The van der Waals surface area contributed by atoms with E-state index in [2.05, 4.69) is 53.0 Å². The number of carbonyl (C=O) groups is 5. The van der Waals surface area contributed by atoms with E-state index in [-0.39, 0.29) is 91.6 Å². The number of rotatable bonds is 21. The summed E-state index contributed by atoms with van der Waals surface area (Å²) in [6, 6.07) is 6.23. The third kappa shape index (κ3) is 15.0. The molecule has 6 rings (SSSR count). The molecule has 374 valence electrons. The van der Waals surface area contributed by atoms with Gasteiger partial charge in [-0.1, -0.05) is 116 Å². The molecule has 2 saturated heterocycles. The molecule has 5 N–H and O–H groups in total. The largest absolute Gasteiger partial charge is 0.462 e. The Balaban J connectivity index is 0.842. The summed E-state index contributed by atoms with van der Waals surface area (Å²) in [6.45, 7) is 12.9. The number of aryl methyl sites for hydroxylation is 1. The molecule has 15 heteroatoms. The zero-order chi connectivity index (χ0) is 49.0. The monoisotopic (exact) mass is 960 g/mol. The van der Waals surface area contributed by atoms with E-state index in [0.29, 0.717) is 32.2 Å². The second-order valence-corrected chi connectivity index (χ2v) is 21.8. The molecule has 10 unspecified atom stereocenters. The Labute approximate surface area is 407 Å². The fourth-order valence-electron chi connectivity index (χ4n) is 10.5. The van der Waals surface area contributed by atoms with Gasteiger partial charge in [-0.25, -0.2) is 9.78 Å². The summed E-state index contributed by atoms with van der Waals surface area (Å²) in [5.74, 6) is -0.370. The highest BCUT2D eigenvalue weighted by atomic mass is 32.1. The van der Waals surface area contributed by atoms with Crippen molar-refractivity contribution in [2.45, 2.75) is 181 Å². The van der Waals surface area contributed by atoms with Gasteiger partial charge in [-0.2, -0.15) is 0 Å². The van der Waals surface area contributed by atoms with E-state index in [0.717, 1.165) is 79.5 Å². The number of aliphatic hydroxyl groups is 2. The highest BCUT2D eigenvalue weighted by Crippen LogP contribution is 2.45. The summed E-state index contributed by atoms with van der Waals surface area (Å²) in [5, 5.41) is 29.6. The van der Waals surface area contributed by atoms with Gasteiger partial charge in [-0.15, -0.1) is 11.3 Å². The topological polar surface area (TPSA) is 196 Å². The van der Waals surface area contributed by atoms with Gasteiger partial charge in [0.1, 0.15) is 24.3 Å². The van der Waals surface area contributed by atoms with E-state index in [1.165, 1.54) is 10.5 Å². The van der Waals surface area contributed by atoms with Crippen LogP contribution in [0.2, 0.25) is 0 Å². The number of unbranched alkanes of at least 4 members (excludes halogenated alkanes) is 7. The molecule has 2 aliphatic carbocycles. The molecule has 0 bridgehead atoms. The molecule has 0 radical (unpaired) electrons. The number of ether oxygens (including phenoxy) is 2. The fourth-order valence-corrected chi connectivity index (χ4v) is 11.3. The quantitative estimate of drug-likeness (QED) is 0.0603. The molecule has 4 amide bonds. The number of fused-ring (bicyclic) bond motifs is 1. The maximum atomic E-state index is 14.0. The predicted molar refractivity (Wildman–Crippen MR) is 263 cm³/mol. The molecule has 10 atom stereocenters. The van der Waals surface area contributed by atoms with Crippen molar-refractivity contribution in [3.8, 4) is 10.4 Å². The van der Waals surface area contributed by atoms with Crippen LogP contribution in [0.15, 0.2) is 53.6 Å². The van der Waals surface area contributed by atoms with Crippen molar-refractivity contribution in [1.29, 1.82) is 0 Å². The Morgan fingerprint density at radius 2 is 1.63 bits per heavy atom. The minimum atomic E-state index is -0.857. The van der Waals surface area contributed by atoms with Crippen LogP contribution in [-0.2, 0) is 35.2 Å². The Morgan fingerprint density at radius 3 is 2.31 bits per heavy atom. The first-order chi connectivity index (χ1) is 32.5. The molecular formula is C53H77N5O9S. The minimum Gasteiger partial charge on any atom is -0.462 e. The highest BCUT2D eigenvalue weighted by molar-refractivity contribution is 7.13. The van der Waals surface area contributed by atoms with E-state index in [4.69, 9.17) is 9.47 Å². The Bertz CT molecular complexity index is 2080. The number of β-amino-alcohol motifs (C(OH)–C–C–N with tert-alkyl or cyclic N) is 1. The first-order valence-corrected chi connectivity index (χ1v) is 26.1. The molecule has 68 heavy (non-hydrogen) atoms. The highest BCUT2D eigenvalue weighted by Gasteiger charge is 2.45. The number of aromatic nitrogens is 1. The van der Waals surface area contributed by atoms with Gasteiger partial charge in [0.05, 0.1) is 34.7 Å². The lowest BCUT2D eigenvalue weighted by Crippen LogP contribution is -2.57. The van der Waals surface area contributed by atoms with Crippen LogP contribution in [0.25, 0.3) is 10.4 Å². The molecule has 1 aromatic carbocycles. The van der Waals surface area contributed by atoms with Gasteiger partial charge in [0.2, 0.25) is 17.7 Å². The standard InChI is InChI=1S/C53H77N5O9S/c1-33-25-38-19-16-34(2)42(23-22-41-27-39(59)29-46(62)66-41)47(38)44(26-33)67-52(65)54-24-14-12-10-8-7-9-11-13-15-45(61)57-49(53(4,5)6)51(64)58-31-40(60)28-43(58)50(63)55-30-36-17-20-37(21-18-36)48-35(3)56-32-68-48/h16-21,25,32-34,39-44,47,49,59-60H,7-15,22-24,26-31H2,1-6H3,(H,54,65)(H,55,63)(H,57,61). The number of cyclic esters (lactones) is 1. The molecule has 2 aromatic rings. The van der Waals surface area contributed by atoms with Gasteiger partial charge in [-0.05, 0) is 78.9 Å². The zero-order valence-electron chi connectivity index (χ0n) is 41.2. The predicted octanol–water partition coefficient (Wildman–Crippen LogP) is 8.08. The first-order valence-electron chi connectivity index (χ1n) is 25.2. The Morgan fingerprint density at radius 1 is 0.926 bits per heavy atom. The van der Waals surface area contributed by atoms with Crippen LogP contribution in [0.5, 0.6) is 0 Å². The van der Waals surface area contributed by atoms with Crippen molar-refractivity contribution >= 4 is 41.1 Å². The molecule has 14 nitrogen and oxygen atoms in total. The zero-order valence-corrected chi connectivity index (χ0v) is 42.0. The lowest BCUT2D eigenvalue weighted by atomic mass is 9.65. The minimum absolute atomic E-state index is 0.0284. The average Bonchev–Trinajstić information content (AvgIpc) is 3.90. The fraction of sp³-hybridized carbons (Fsp3) is 0.660. The van der Waals surface area contributed by atoms with Crippen molar-refractivity contribution in [2.75, 3.05) is 13.1 Å². The molecule has 3 heterocycles. The number of esters is 1. The number of aliphatic hydroxyl groups excluding tert-OH is 2. The molecule has 2 fully saturated rings. The van der Waals surface area contributed by atoms with E-state index < -0.39 is 29.7 Å². The number of alkyl carbamates (subject to hydrolysis) is 1. The SMILES string of the molecule is Cc1ncsc1-c1ccc(CNC(=O)C2CC(O)CN2C(=O)C(NC(=O)CCCCCCCCCCNC(=O)OC2CC(C)C=C3C=CC(C)C(CCC4CC(O)CC(=O)O4)C32)C(C)(C)C)cc1. The molecule has 1 aromatic heterocycles. The van der Waals surface area contributed by atoms with Gasteiger partial charge in [-0.3, -0.25) is 19.2 Å². The normalized spacial score (nSPS) is 26.3. The summed E-state index contributed by atoms with van der Waals surface area (Å²) in [7, 11) is 0. The number of carbonyl (C=O) groups excluding carboxylic acids is 5. The number of allylic oxidation sites excluding steroid dienone is 3. The van der Waals surface area contributed by atoms with Gasteiger partial charge >= 0.3 is 12.1 Å². The summed E-state index contributed by atoms with van der Waals surface area (Å²) in [5.41, 5.74) is 5.36. The molecule has 0 spiro atoms. The average molecular weight is 960 g/mol. The first kappa shape index (κ1) is 52.8. The molecule has 0 saturated carbocycles. The molecular weight excluding hydrogens is 883 g/mol. The Kier molecular flexibility index (Phi) is 19.2. The number of hydrogen-bond acceptors (Lipinski definition) is 11. The smallest absolute Gasteiger partial charge is 0.407 e. The van der Waals surface area contributed by atoms with Gasteiger partial charge in [0, 0.05) is 44.8 Å². The van der Waals surface area contributed by atoms with E-state index >= 15 is 0 Å². The Hall–Kier alpha value is -4.60. The second-order valence-electron chi connectivity index (χ2n) is 21.0. The molecule has 2 aliphatic heterocycles. The van der Waals surface area contributed by atoms with Crippen molar-refractivity contribution < 1.29 is 43.7 Å². The number of benzene rings is 1. The van der Waals surface area contributed by atoms with Crippen molar-refractivity contribution in [3.63, 3.8) is 0 Å². The number of amides is 4. The number of thiazole rings is 1. The van der Waals surface area contributed by atoms with Gasteiger partial charge < -0.3 is 40.5 Å². The van der Waals surface area contributed by atoms with Gasteiger partial charge in [0.25, 0.3) is 0 Å². The molecule has 4 aliphatic rings. The maximum Gasteiger partial charge on any atom is 0.407 e. The second kappa shape index (κ2) is 24.8. The van der Waals surface area contributed by atoms with Crippen LogP contribution in [0.3, 0.4) is 0 Å². The van der Waals surface area contributed by atoms with Crippen LogP contribution >= 0.6 is 11.3 Å². The number of likely N-dealkylation sites (tertiary alicyclic amines) is 1. The van der Waals surface area contributed by atoms with E-state index in [9.17, 15) is 34.2 Å². The van der Waals surface area contributed by atoms with Crippen LogP contribution in [-0.4, -0.2) is 99.5 Å². The van der Waals surface area contributed by atoms with Crippen molar-refractivity contribution in [1.82, 2.24) is 25.8 Å². The van der Waals surface area contributed by atoms with Crippen LogP contribution in [0.1, 0.15) is 142 Å². The summed E-state index contributed by atoms with van der Waals surface area (Å²) in [4.78, 5) is 72.5. The van der Waals surface area contributed by atoms with E-state index in [1.54, 1.807) is 11.3 Å².